The molecular formula is C17H18ClF3N4O2. The van der Waals surface area contributed by atoms with Crippen LogP contribution in [0.3, 0.4) is 0 Å². The van der Waals surface area contributed by atoms with Crippen LogP contribution in [0.5, 0.6) is 0 Å². The van der Waals surface area contributed by atoms with E-state index in [9.17, 15) is 18.0 Å². The summed E-state index contributed by atoms with van der Waals surface area (Å²) >= 11 is 5.86. The molecule has 1 aromatic carbocycles. The second-order valence-electron chi connectivity index (χ2n) is 6.15. The summed E-state index contributed by atoms with van der Waals surface area (Å²) in [5.41, 5.74) is 0.590. The van der Waals surface area contributed by atoms with E-state index in [1.165, 1.54) is 13.2 Å². The summed E-state index contributed by atoms with van der Waals surface area (Å²) in [5.74, 6) is -0.417. The fraction of sp³-hybridized carbons (Fsp3) is 0.412. The molecule has 0 aliphatic carbocycles. The van der Waals surface area contributed by atoms with Crippen molar-refractivity contribution in [1.82, 2.24) is 15.1 Å². The zero-order chi connectivity index (χ0) is 19.6. The van der Waals surface area contributed by atoms with Gasteiger partial charge < -0.3 is 15.4 Å². The summed E-state index contributed by atoms with van der Waals surface area (Å²) in [7, 11) is 1.48. The molecule has 2 heterocycles. The van der Waals surface area contributed by atoms with Gasteiger partial charge >= 0.3 is 6.18 Å². The molecule has 0 spiro atoms. The Morgan fingerprint density at radius 2 is 2.11 bits per heavy atom. The third-order valence-electron chi connectivity index (χ3n) is 4.29. The molecule has 1 aromatic heterocycles. The summed E-state index contributed by atoms with van der Waals surface area (Å²) in [6.45, 7) is 0.530. The van der Waals surface area contributed by atoms with E-state index in [2.05, 4.69) is 15.7 Å². The largest absolute Gasteiger partial charge is 0.410 e. The van der Waals surface area contributed by atoms with E-state index in [0.717, 1.165) is 4.68 Å². The number of rotatable bonds is 5. The predicted octanol–water partition coefficient (Wildman–Crippen LogP) is 3.57. The molecule has 10 heteroatoms. The van der Waals surface area contributed by atoms with Crippen LogP contribution in [0.1, 0.15) is 34.6 Å². The number of alkyl halides is 3. The fourth-order valence-electron chi connectivity index (χ4n) is 2.96. The summed E-state index contributed by atoms with van der Waals surface area (Å²) in [4.78, 5) is 12.1. The number of amides is 1. The van der Waals surface area contributed by atoms with Crippen molar-refractivity contribution in [3.05, 3.63) is 46.6 Å². The zero-order valence-corrected chi connectivity index (χ0v) is 15.1. The molecule has 146 valence electrons. The maximum Gasteiger partial charge on any atom is 0.410 e. The lowest BCUT2D eigenvalue weighted by atomic mass is 9.97. The second kappa shape index (κ2) is 7.77. The molecule has 0 radical (unpaired) electrons. The molecule has 0 fully saturated rings. The lowest BCUT2D eigenvalue weighted by molar-refractivity contribution is -0.173. The molecule has 0 saturated carbocycles. The van der Waals surface area contributed by atoms with Gasteiger partial charge in [0.15, 0.2) is 11.7 Å². The van der Waals surface area contributed by atoms with Gasteiger partial charge in [-0.1, -0.05) is 23.7 Å². The van der Waals surface area contributed by atoms with Crippen molar-refractivity contribution in [3.63, 3.8) is 0 Å². The third kappa shape index (κ3) is 4.36. The Hall–Kier alpha value is -2.26. The third-order valence-corrected chi connectivity index (χ3v) is 4.54. The zero-order valence-electron chi connectivity index (χ0n) is 14.4. The van der Waals surface area contributed by atoms with E-state index in [4.69, 9.17) is 16.3 Å². The van der Waals surface area contributed by atoms with E-state index in [-0.39, 0.29) is 24.5 Å². The molecule has 6 nitrogen and oxygen atoms in total. The Kier molecular flexibility index (Phi) is 5.61. The summed E-state index contributed by atoms with van der Waals surface area (Å²) in [6.07, 6.45) is -4.75. The van der Waals surface area contributed by atoms with Gasteiger partial charge in [-0.2, -0.15) is 18.3 Å². The lowest BCUT2D eigenvalue weighted by Crippen LogP contribution is -2.35. The van der Waals surface area contributed by atoms with Gasteiger partial charge in [-0.25, -0.2) is 4.68 Å². The highest BCUT2D eigenvalue weighted by atomic mass is 35.5. The van der Waals surface area contributed by atoms with E-state index in [1.54, 1.807) is 24.3 Å². The van der Waals surface area contributed by atoms with Crippen LogP contribution >= 0.6 is 11.6 Å². The molecule has 1 aliphatic rings. The van der Waals surface area contributed by atoms with Crippen molar-refractivity contribution < 1.29 is 22.7 Å². The average molecular weight is 403 g/mol. The number of benzene rings is 1. The van der Waals surface area contributed by atoms with Crippen LogP contribution in [0.25, 0.3) is 0 Å². The van der Waals surface area contributed by atoms with Crippen molar-refractivity contribution in [2.24, 2.45) is 0 Å². The summed E-state index contributed by atoms with van der Waals surface area (Å²) in [6, 6.07) is 5.51. The minimum atomic E-state index is -4.50. The molecule has 2 N–H and O–H groups in total. The highest BCUT2D eigenvalue weighted by Gasteiger charge is 2.46. The van der Waals surface area contributed by atoms with Crippen LogP contribution in [0.4, 0.5) is 19.0 Å². The first-order chi connectivity index (χ1) is 12.8. The lowest BCUT2D eigenvalue weighted by Gasteiger charge is -2.33. The minimum absolute atomic E-state index is 0.0837. The average Bonchev–Trinajstić information content (AvgIpc) is 3.05. The number of ether oxygens (including phenoxy) is 1. The number of anilines is 1. The van der Waals surface area contributed by atoms with Gasteiger partial charge in [0.2, 0.25) is 0 Å². The monoisotopic (exact) mass is 402 g/mol. The number of carbonyl (C=O) groups is 1. The van der Waals surface area contributed by atoms with Crippen LogP contribution < -0.4 is 10.6 Å². The van der Waals surface area contributed by atoms with Crippen LogP contribution in [-0.4, -0.2) is 42.1 Å². The Morgan fingerprint density at radius 1 is 1.41 bits per heavy atom. The number of hydrogen-bond donors (Lipinski definition) is 2. The Labute approximate surface area is 158 Å². The normalized spacial score (nSPS) is 19.3. The highest BCUT2D eigenvalue weighted by Crippen LogP contribution is 2.43. The Balaban J connectivity index is 1.88. The molecule has 2 aromatic rings. The van der Waals surface area contributed by atoms with Gasteiger partial charge in [0.1, 0.15) is 5.82 Å². The number of nitrogens with zero attached hydrogens (tertiary/aromatic N) is 2. The topological polar surface area (TPSA) is 68.2 Å². The van der Waals surface area contributed by atoms with E-state index >= 15 is 0 Å². The molecule has 3 rings (SSSR count). The molecule has 1 aliphatic heterocycles. The van der Waals surface area contributed by atoms with Crippen LogP contribution in [0.2, 0.25) is 5.02 Å². The predicted molar refractivity (Wildman–Crippen MR) is 94.0 cm³/mol. The van der Waals surface area contributed by atoms with Crippen LogP contribution in [-0.2, 0) is 4.74 Å². The smallest absolute Gasteiger partial charge is 0.383 e. The van der Waals surface area contributed by atoms with Gasteiger partial charge in [-0.05, 0) is 17.7 Å². The van der Waals surface area contributed by atoms with Crippen LogP contribution in [0.15, 0.2) is 30.3 Å². The Morgan fingerprint density at radius 3 is 2.74 bits per heavy atom. The maximum absolute atomic E-state index is 13.6. The Bertz CT molecular complexity index is 808. The summed E-state index contributed by atoms with van der Waals surface area (Å²) < 4.78 is 46.5. The summed E-state index contributed by atoms with van der Waals surface area (Å²) in [5, 5.41) is 9.96. The van der Waals surface area contributed by atoms with Gasteiger partial charge in [0, 0.05) is 31.2 Å². The van der Waals surface area contributed by atoms with Gasteiger partial charge in [0.05, 0.1) is 12.6 Å². The van der Waals surface area contributed by atoms with E-state index < -0.39 is 24.2 Å². The van der Waals surface area contributed by atoms with Crippen molar-refractivity contribution >= 4 is 23.3 Å². The second-order valence-corrected chi connectivity index (χ2v) is 6.59. The van der Waals surface area contributed by atoms with Crippen molar-refractivity contribution in [2.45, 2.75) is 24.7 Å². The first-order valence-electron chi connectivity index (χ1n) is 8.25. The number of aromatic nitrogens is 2. The SMILES string of the molecule is COCCNC(=O)c1cc2n(n1)[C@@H](C(F)(F)F)C[C@@H](c1ccc(Cl)cc1)N2. The fourth-order valence-corrected chi connectivity index (χ4v) is 3.08. The molecule has 27 heavy (non-hydrogen) atoms. The van der Waals surface area contributed by atoms with Crippen molar-refractivity contribution in [1.29, 1.82) is 0 Å². The number of halogens is 4. The van der Waals surface area contributed by atoms with Gasteiger partial charge in [-0.15, -0.1) is 0 Å². The highest BCUT2D eigenvalue weighted by molar-refractivity contribution is 6.30. The first kappa shape index (κ1) is 19.5. The molecule has 0 bridgehead atoms. The molecular weight excluding hydrogens is 385 g/mol. The number of carbonyl (C=O) groups excluding carboxylic acids is 1. The van der Waals surface area contributed by atoms with E-state index in [0.29, 0.717) is 17.2 Å². The van der Waals surface area contributed by atoms with Crippen molar-refractivity contribution in [3.8, 4) is 0 Å². The number of methoxy groups -OCH3 is 1. The van der Waals surface area contributed by atoms with Gasteiger partial charge in [0.25, 0.3) is 5.91 Å². The standard InChI is InChI=1S/C17H18ClF3N4O2/c1-27-7-6-22-16(26)13-9-15-23-12(10-2-4-11(18)5-3-10)8-14(17(19,20)21)25(15)24-13/h2-5,9,12,14,23H,6-8H2,1H3,(H,22,26)/t12-,14+/m0/s1. The van der Waals surface area contributed by atoms with E-state index in [1.807, 2.05) is 0 Å². The van der Waals surface area contributed by atoms with Crippen molar-refractivity contribution in [2.75, 3.05) is 25.6 Å². The minimum Gasteiger partial charge on any atom is -0.383 e. The molecule has 2 atom stereocenters. The molecule has 0 unspecified atom stereocenters. The van der Waals surface area contributed by atoms with Gasteiger partial charge in [-0.3, -0.25) is 4.79 Å². The molecule has 1 amide bonds. The number of hydrogen-bond acceptors (Lipinski definition) is 4. The number of nitrogens with one attached hydrogen (secondary N) is 2. The van der Waals surface area contributed by atoms with Crippen LogP contribution in [0, 0.1) is 0 Å². The quantitative estimate of drug-likeness (QED) is 0.750. The maximum atomic E-state index is 13.6. The molecule has 0 saturated heterocycles. The number of fused-ring (bicyclic) bond motifs is 1. The first-order valence-corrected chi connectivity index (χ1v) is 8.63.